The fraction of sp³-hybridized carbons (Fsp3) is 0.579. The van der Waals surface area contributed by atoms with Crippen molar-refractivity contribution in [1.29, 1.82) is 0 Å². The van der Waals surface area contributed by atoms with Gasteiger partial charge >= 0.3 is 6.09 Å². The topological polar surface area (TPSA) is 72.6 Å². The van der Waals surface area contributed by atoms with Crippen LogP contribution < -0.4 is 5.73 Å². The number of nitrogens with two attached hydrogens (primary N) is 1. The van der Waals surface area contributed by atoms with Crippen molar-refractivity contribution in [1.82, 2.24) is 4.90 Å². The molecule has 0 aromatic heterocycles. The summed E-state index contributed by atoms with van der Waals surface area (Å²) in [4.78, 5) is 24.9. The summed E-state index contributed by atoms with van der Waals surface area (Å²) in [6.45, 7) is 12.5. The zero-order chi connectivity index (χ0) is 19.6. The van der Waals surface area contributed by atoms with Gasteiger partial charge in [-0.15, -0.1) is 0 Å². The summed E-state index contributed by atoms with van der Waals surface area (Å²) in [5, 5.41) is 0. The van der Waals surface area contributed by atoms with Crippen LogP contribution in [0.4, 0.5) is 4.79 Å². The summed E-state index contributed by atoms with van der Waals surface area (Å²) in [6, 6.07) is 6.82. The average molecular weight is 415 g/mol. The fourth-order valence-corrected chi connectivity index (χ4v) is 2.54. The predicted molar refractivity (Wildman–Crippen MR) is 106 cm³/mol. The number of halogens is 1. The average Bonchev–Trinajstić information content (AvgIpc) is 3.02. The molecule has 1 atom stereocenters. The van der Waals surface area contributed by atoms with Crippen molar-refractivity contribution < 1.29 is 14.3 Å². The highest BCUT2D eigenvalue weighted by Gasteiger charge is 2.40. The molecule has 0 saturated carbocycles. The number of carbonyl (C=O) groups is 2. The summed E-state index contributed by atoms with van der Waals surface area (Å²) >= 11 is 3.41. The number of ether oxygens (including phenoxy) is 1. The Hall–Kier alpha value is -1.40. The Morgan fingerprint density at radius 3 is 2.36 bits per heavy atom. The lowest BCUT2D eigenvalue weighted by molar-refractivity contribution is -0.130. The standard InChI is InChI=1S/C14H17BrN2O3.C3H8.C2H6/c1-14(2,9-4-3-5-10(15)8-9)11(16)12(18)17-6-7-20-13(17)19;1-3-2;1-2/h3-5,8,11H,6-7,16H2,1-2H3;3H2,1-2H3;1-2H3. The molecule has 0 aliphatic carbocycles. The Bertz CT molecular complexity index is 561. The van der Waals surface area contributed by atoms with Crippen LogP contribution in [0.3, 0.4) is 0 Å². The molecule has 1 aromatic carbocycles. The number of rotatable bonds is 3. The van der Waals surface area contributed by atoms with Crippen LogP contribution in [0.1, 0.15) is 53.5 Å². The van der Waals surface area contributed by atoms with Crippen molar-refractivity contribution >= 4 is 27.9 Å². The second-order valence-electron chi connectivity index (χ2n) is 6.02. The molecule has 1 aliphatic heterocycles. The molecule has 1 aromatic rings. The minimum Gasteiger partial charge on any atom is -0.447 e. The summed E-state index contributed by atoms with van der Waals surface area (Å²) in [5.74, 6) is -0.405. The molecule has 1 aliphatic rings. The third kappa shape index (κ3) is 6.44. The molecular formula is C19H31BrN2O3. The van der Waals surface area contributed by atoms with Gasteiger partial charge in [-0.1, -0.05) is 76.0 Å². The quantitative estimate of drug-likeness (QED) is 0.790. The van der Waals surface area contributed by atoms with Gasteiger partial charge < -0.3 is 10.5 Å². The van der Waals surface area contributed by atoms with Crippen molar-refractivity contribution in [2.24, 2.45) is 5.73 Å². The van der Waals surface area contributed by atoms with Gasteiger partial charge in [0.2, 0.25) is 5.91 Å². The number of carbonyl (C=O) groups excluding carboxylic acids is 2. The first-order chi connectivity index (χ1) is 11.8. The highest BCUT2D eigenvalue weighted by molar-refractivity contribution is 9.10. The Kier molecular flexibility index (Phi) is 10.6. The number of benzene rings is 1. The highest BCUT2D eigenvalue weighted by Crippen LogP contribution is 2.29. The minimum atomic E-state index is -0.817. The van der Waals surface area contributed by atoms with Gasteiger partial charge in [-0.3, -0.25) is 4.79 Å². The Morgan fingerprint density at radius 2 is 1.92 bits per heavy atom. The van der Waals surface area contributed by atoms with Gasteiger partial charge in [0.25, 0.3) is 0 Å². The van der Waals surface area contributed by atoms with Gasteiger partial charge in [-0.2, -0.15) is 0 Å². The number of nitrogens with zero attached hydrogens (tertiary/aromatic N) is 1. The predicted octanol–water partition coefficient (Wildman–Crippen LogP) is 4.48. The van der Waals surface area contributed by atoms with E-state index in [-0.39, 0.29) is 13.2 Å². The van der Waals surface area contributed by atoms with E-state index in [2.05, 4.69) is 29.8 Å². The van der Waals surface area contributed by atoms with Crippen molar-refractivity contribution in [3.8, 4) is 0 Å². The van der Waals surface area contributed by atoms with E-state index in [0.29, 0.717) is 0 Å². The zero-order valence-corrected chi connectivity index (χ0v) is 17.7. The number of hydrogen-bond donors (Lipinski definition) is 1. The van der Waals surface area contributed by atoms with E-state index in [9.17, 15) is 9.59 Å². The van der Waals surface area contributed by atoms with E-state index in [0.717, 1.165) is 14.9 Å². The first-order valence-corrected chi connectivity index (χ1v) is 9.54. The molecule has 0 bridgehead atoms. The van der Waals surface area contributed by atoms with Crippen LogP contribution in [-0.4, -0.2) is 36.1 Å². The van der Waals surface area contributed by atoms with Crippen molar-refractivity contribution in [2.45, 2.75) is 59.4 Å². The SMILES string of the molecule is CC.CC(C)(c1cccc(Br)c1)C(N)C(=O)N1CCOC1=O.CCC. The molecule has 0 spiro atoms. The smallest absolute Gasteiger partial charge is 0.416 e. The second kappa shape index (κ2) is 11.3. The van der Waals surface area contributed by atoms with Crippen molar-refractivity contribution in [3.63, 3.8) is 0 Å². The molecule has 2 N–H and O–H groups in total. The minimum absolute atomic E-state index is 0.231. The molecule has 2 rings (SSSR count). The van der Waals surface area contributed by atoms with E-state index >= 15 is 0 Å². The lowest BCUT2D eigenvalue weighted by Gasteiger charge is -2.32. The van der Waals surface area contributed by atoms with Crippen LogP contribution in [-0.2, 0) is 14.9 Å². The van der Waals surface area contributed by atoms with Crippen LogP contribution in [0.5, 0.6) is 0 Å². The van der Waals surface area contributed by atoms with Crippen LogP contribution >= 0.6 is 15.9 Å². The second-order valence-corrected chi connectivity index (χ2v) is 6.94. The van der Waals surface area contributed by atoms with Gasteiger partial charge in [-0.05, 0) is 17.7 Å². The Balaban J connectivity index is 0.00000104. The Morgan fingerprint density at radius 1 is 1.36 bits per heavy atom. The van der Waals surface area contributed by atoms with Crippen molar-refractivity contribution in [2.75, 3.05) is 13.2 Å². The monoisotopic (exact) mass is 414 g/mol. The third-order valence-electron chi connectivity index (χ3n) is 3.64. The van der Waals surface area contributed by atoms with E-state index in [4.69, 9.17) is 10.5 Å². The van der Waals surface area contributed by atoms with Gasteiger partial charge in [-0.25, -0.2) is 9.69 Å². The van der Waals surface area contributed by atoms with Gasteiger partial charge in [0.15, 0.2) is 0 Å². The summed E-state index contributed by atoms with van der Waals surface area (Å²) in [6.07, 6.45) is 0.635. The summed E-state index contributed by atoms with van der Waals surface area (Å²) < 4.78 is 5.70. The van der Waals surface area contributed by atoms with E-state index in [1.807, 2.05) is 52.0 Å². The molecular weight excluding hydrogens is 384 g/mol. The molecule has 2 amide bonds. The molecule has 25 heavy (non-hydrogen) atoms. The molecule has 0 radical (unpaired) electrons. The molecule has 1 fully saturated rings. The van der Waals surface area contributed by atoms with Crippen LogP contribution in [0.25, 0.3) is 0 Å². The van der Waals surface area contributed by atoms with Crippen molar-refractivity contribution in [3.05, 3.63) is 34.3 Å². The molecule has 142 valence electrons. The summed E-state index contributed by atoms with van der Waals surface area (Å²) in [7, 11) is 0. The lowest BCUT2D eigenvalue weighted by Crippen LogP contribution is -2.53. The van der Waals surface area contributed by atoms with E-state index < -0.39 is 23.5 Å². The van der Waals surface area contributed by atoms with Gasteiger partial charge in [0, 0.05) is 9.89 Å². The maximum atomic E-state index is 12.3. The first kappa shape index (κ1) is 23.6. The molecule has 5 nitrogen and oxygen atoms in total. The van der Waals surface area contributed by atoms with E-state index in [1.54, 1.807) is 0 Å². The normalized spacial score (nSPS) is 14.6. The van der Waals surface area contributed by atoms with E-state index in [1.165, 1.54) is 6.42 Å². The lowest BCUT2D eigenvalue weighted by atomic mass is 9.77. The van der Waals surface area contributed by atoms with Crippen LogP contribution in [0, 0.1) is 0 Å². The Labute approximate surface area is 160 Å². The highest BCUT2D eigenvalue weighted by atomic mass is 79.9. The molecule has 6 heteroatoms. The van der Waals surface area contributed by atoms with Crippen LogP contribution in [0.15, 0.2) is 28.7 Å². The van der Waals surface area contributed by atoms with Crippen LogP contribution in [0.2, 0.25) is 0 Å². The maximum Gasteiger partial charge on any atom is 0.416 e. The van der Waals surface area contributed by atoms with Gasteiger partial charge in [0.1, 0.15) is 6.61 Å². The number of imide groups is 1. The number of hydrogen-bond acceptors (Lipinski definition) is 4. The third-order valence-corrected chi connectivity index (χ3v) is 4.13. The first-order valence-electron chi connectivity index (χ1n) is 8.75. The maximum absolute atomic E-state index is 12.3. The molecule has 1 unspecified atom stereocenters. The summed E-state index contributed by atoms with van der Waals surface area (Å²) in [5.41, 5.74) is 6.44. The molecule has 1 heterocycles. The zero-order valence-electron chi connectivity index (χ0n) is 16.1. The fourth-order valence-electron chi connectivity index (χ4n) is 2.14. The number of cyclic esters (lactones) is 1. The van der Waals surface area contributed by atoms with Gasteiger partial charge in [0.05, 0.1) is 12.6 Å². The largest absolute Gasteiger partial charge is 0.447 e. The number of amides is 2. The molecule has 1 saturated heterocycles.